The summed E-state index contributed by atoms with van der Waals surface area (Å²) < 4.78 is 0. The summed E-state index contributed by atoms with van der Waals surface area (Å²) in [5, 5.41) is 9.93. The molecule has 0 amide bonds. The number of carbonyl (C=O) groups excluding carboxylic acids is 1. The number of ketones is 1. The molecule has 0 aliphatic rings. The minimum Gasteiger partial charge on any atom is -0.369 e. The molecule has 0 rings (SSSR count). The van der Waals surface area contributed by atoms with Crippen molar-refractivity contribution in [3.8, 4) is 48.4 Å². The maximum Gasteiger partial charge on any atom is 0.228 e. The number of carbonyl (C=O) groups is 1. The molecule has 0 saturated heterocycles. The van der Waals surface area contributed by atoms with Gasteiger partial charge in [-0.2, -0.15) is 0 Å². The Kier molecular flexibility index (Phi) is 37.4. The molecule has 0 bridgehead atoms. The molecule has 1 unspecified atom stereocenters. The zero-order valence-electron chi connectivity index (χ0n) is 30.5. The first-order valence-electron chi connectivity index (χ1n) is 19.4. The van der Waals surface area contributed by atoms with Gasteiger partial charge in [-0.05, 0) is 95.1 Å². The number of aliphatic hydroxyl groups is 1. The van der Waals surface area contributed by atoms with Crippen LogP contribution in [0, 0.1) is 48.4 Å². The van der Waals surface area contributed by atoms with E-state index >= 15 is 0 Å². The van der Waals surface area contributed by atoms with Gasteiger partial charge in [-0.15, -0.1) is 18.8 Å². The summed E-state index contributed by atoms with van der Waals surface area (Å²) in [6.07, 6.45) is 59.9. The Labute approximate surface area is 297 Å². The zero-order chi connectivity index (χ0) is 34.9. The lowest BCUT2D eigenvalue weighted by Gasteiger charge is -2.03. The highest BCUT2D eigenvalue weighted by Crippen LogP contribution is 2.14. The van der Waals surface area contributed by atoms with E-state index in [1.807, 2.05) is 12.2 Å². The fourth-order valence-electron chi connectivity index (χ4n) is 5.34. The van der Waals surface area contributed by atoms with Gasteiger partial charge < -0.3 is 5.11 Å². The summed E-state index contributed by atoms with van der Waals surface area (Å²) in [5.74, 6) is 16.2. The highest BCUT2D eigenvalue weighted by molar-refractivity contribution is 6.03. The molecule has 0 spiro atoms. The van der Waals surface area contributed by atoms with E-state index in [0.717, 1.165) is 64.2 Å². The van der Waals surface area contributed by atoms with Crippen molar-refractivity contribution in [2.24, 2.45) is 0 Å². The molecule has 1 N–H and O–H groups in total. The van der Waals surface area contributed by atoms with E-state index in [-0.39, 0.29) is 5.78 Å². The quantitative estimate of drug-likeness (QED) is 0.0266. The largest absolute Gasteiger partial charge is 0.369 e. The predicted molar refractivity (Wildman–Crippen MR) is 210 cm³/mol. The fraction of sp³-hybridized carbons (Fsp3) is 0.630. The van der Waals surface area contributed by atoms with Crippen LogP contribution in [0.5, 0.6) is 0 Å². The van der Waals surface area contributed by atoms with E-state index in [1.54, 1.807) is 0 Å². The van der Waals surface area contributed by atoms with Crippen LogP contribution < -0.4 is 0 Å². The van der Waals surface area contributed by atoms with Gasteiger partial charge in [-0.25, -0.2) is 0 Å². The third kappa shape index (κ3) is 39.0. The van der Waals surface area contributed by atoms with Gasteiger partial charge in [-0.1, -0.05) is 150 Å². The van der Waals surface area contributed by atoms with E-state index in [1.165, 1.54) is 122 Å². The van der Waals surface area contributed by atoms with Crippen LogP contribution in [0.2, 0.25) is 0 Å². The molecule has 0 aromatic carbocycles. The summed E-state index contributed by atoms with van der Waals surface area (Å²) in [6, 6.07) is 0. The first-order valence-corrected chi connectivity index (χ1v) is 19.4. The normalized spacial score (nSPS) is 11.8. The molecule has 1 atom stereocenters. The van der Waals surface area contributed by atoms with Crippen LogP contribution in [-0.2, 0) is 4.79 Å². The van der Waals surface area contributed by atoms with Gasteiger partial charge in [0.05, 0.1) is 0 Å². The molecule has 2 heteroatoms. The molecule has 0 aliphatic carbocycles. The molecule has 0 heterocycles. The Morgan fingerprint density at radius 2 is 0.917 bits per heavy atom. The third-order valence-electron chi connectivity index (χ3n) is 8.26. The van der Waals surface area contributed by atoms with Crippen LogP contribution in [0.1, 0.15) is 180 Å². The number of unbranched alkanes of at least 4 members (excludes halogenated alkanes) is 24. The Morgan fingerprint density at radius 1 is 0.500 bits per heavy atom. The molecule has 0 aromatic heterocycles. The molecule has 0 saturated carbocycles. The second-order valence-electron chi connectivity index (χ2n) is 12.8. The van der Waals surface area contributed by atoms with Crippen molar-refractivity contribution in [1.29, 1.82) is 0 Å². The van der Waals surface area contributed by atoms with Crippen LogP contribution in [0.15, 0.2) is 48.6 Å². The summed E-state index contributed by atoms with van der Waals surface area (Å²) in [6.45, 7) is 0. The average Bonchev–Trinajstić information content (AvgIpc) is 3.09. The van der Waals surface area contributed by atoms with Gasteiger partial charge >= 0.3 is 0 Å². The zero-order valence-corrected chi connectivity index (χ0v) is 30.5. The standard InChI is InChI=1S/C46H68O2/c1-3-5-6-7-8-9-10-11-12-13-14-15-16-17-18-19-20-21-25-28-31-34-37-40-43-46(48)44-41-38-35-32-29-26-23-22-24-27-30-33-36-39-42-45(47)4-2/h1-2,21,23,25-26,34,37,39,42,46,48H,5-20,22,24,27-33,35-36,38H2/b25-21+,26-23+,37-34+,42-39+. The summed E-state index contributed by atoms with van der Waals surface area (Å²) in [5.41, 5.74) is 0. The Bertz CT molecular complexity index is 1070. The SMILES string of the molecule is C#CCCCCCCCCCCCCCCCC/C=C/CC/C=C/C#CC(O)C#CCCCC/C=C/CCCCCC/C=C/C(=O)C#C. The van der Waals surface area contributed by atoms with E-state index in [2.05, 4.69) is 65.9 Å². The lowest BCUT2D eigenvalue weighted by molar-refractivity contribution is -0.109. The maximum absolute atomic E-state index is 11.0. The summed E-state index contributed by atoms with van der Waals surface area (Å²) in [4.78, 5) is 11.0. The van der Waals surface area contributed by atoms with Gasteiger partial charge in [-0.3, -0.25) is 4.79 Å². The number of hydrogen-bond donors (Lipinski definition) is 1. The lowest BCUT2D eigenvalue weighted by atomic mass is 10.0. The number of rotatable bonds is 31. The molecule has 2 nitrogen and oxygen atoms in total. The number of allylic oxidation sites excluding steroid dienone is 8. The van der Waals surface area contributed by atoms with Crippen molar-refractivity contribution < 1.29 is 9.90 Å². The summed E-state index contributed by atoms with van der Waals surface area (Å²) in [7, 11) is 0. The van der Waals surface area contributed by atoms with Crippen LogP contribution in [0.4, 0.5) is 0 Å². The Morgan fingerprint density at radius 3 is 1.44 bits per heavy atom. The Balaban J connectivity index is 3.50. The van der Waals surface area contributed by atoms with Gasteiger partial charge in [0, 0.05) is 12.8 Å². The van der Waals surface area contributed by atoms with Crippen LogP contribution in [0.25, 0.3) is 0 Å². The minimum atomic E-state index is -0.869. The molecule has 0 radical (unpaired) electrons. The molecule has 48 heavy (non-hydrogen) atoms. The van der Waals surface area contributed by atoms with Gasteiger partial charge in [0.15, 0.2) is 6.10 Å². The van der Waals surface area contributed by atoms with Crippen LogP contribution in [-0.4, -0.2) is 17.0 Å². The first kappa shape index (κ1) is 44.8. The maximum atomic E-state index is 11.0. The van der Waals surface area contributed by atoms with Crippen molar-refractivity contribution >= 4 is 5.78 Å². The van der Waals surface area contributed by atoms with E-state index in [0.29, 0.717) is 0 Å². The highest BCUT2D eigenvalue weighted by atomic mass is 16.3. The molecule has 0 fully saturated rings. The third-order valence-corrected chi connectivity index (χ3v) is 8.26. The molecular weight excluding hydrogens is 585 g/mol. The van der Waals surface area contributed by atoms with Gasteiger partial charge in [0.1, 0.15) is 0 Å². The van der Waals surface area contributed by atoms with Crippen molar-refractivity contribution in [2.75, 3.05) is 0 Å². The molecule has 0 aromatic rings. The average molecular weight is 653 g/mol. The molecular formula is C46H68O2. The van der Waals surface area contributed by atoms with Crippen LogP contribution in [0.3, 0.4) is 0 Å². The van der Waals surface area contributed by atoms with Crippen molar-refractivity contribution in [2.45, 2.75) is 186 Å². The predicted octanol–water partition coefficient (Wildman–Crippen LogP) is 12.3. The van der Waals surface area contributed by atoms with Crippen molar-refractivity contribution in [1.82, 2.24) is 0 Å². The smallest absolute Gasteiger partial charge is 0.228 e. The summed E-state index contributed by atoms with van der Waals surface area (Å²) >= 11 is 0. The van der Waals surface area contributed by atoms with E-state index in [4.69, 9.17) is 12.8 Å². The number of hydrogen-bond acceptors (Lipinski definition) is 2. The van der Waals surface area contributed by atoms with Crippen molar-refractivity contribution in [3.05, 3.63) is 48.6 Å². The van der Waals surface area contributed by atoms with E-state index in [9.17, 15) is 9.90 Å². The fourth-order valence-corrected chi connectivity index (χ4v) is 5.34. The molecule has 264 valence electrons. The van der Waals surface area contributed by atoms with Gasteiger partial charge in [0.25, 0.3) is 0 Å². The second kappa shape index (κ2) is 40.0. The number of terminal acetylenes is 2. The second-order valence-corrected chi connectivity index (χ2v) is 12.8. The van der Waals surface area contributed by atoms with Gasteiger partial charge in [0.2, 0.25) is 5.78 Å². The first-order chi connectivity index (χ1) is 23.7. The van der Waals surface area contributed by atoms with Crippen LogP contribution >= 0.6 is 0 Å². The lowest BCUT2D eigenvalue weighted by Crippen LogP contribution is -1.97. The topological polar surface area (TPSA) is 37.3 Å². The number of aliphatic hydroxyl groups excluding tert-OH is 1. The monoisotopic (exact) mass is 653 g/mol. The van der Waals surface area contributed by atoms with E-state index < -0.39 is 6.10 Å². The Hall–Kier alpha value is -3.17. The van der Waals surface area contributed by atoms with Crippen molar-refractivity contribution in [3.63, 3.8) is 0 Å². The highest BCUT2D eigenvalue weighted by Gasteiger charge is 1.95. The molecule has 0 aliphatic heterocycles. The minimum absolute atomic E-state index is 0.250.